The van der Waals surface area contributed by atoms with E-state index in [-0.39, 0.29) is 0 Å². The van der Waals surface area contributed by atoms with Crippen LogP contribution in [0.4, 0.5) is 5.82 Å². The molecule has 18 heavy (non-hydrogen) atoms. The van der Waals surface area contributed by atoms with Crippen LogP contribution in [0.3, 0.4) is 0 Å². The van der Waals surface area contributed by atoms with Gasteiger partial charge in [0.05, 0.1) is 0 Å². The van der Waals surface area contributed by atoms with Crippen molar-refractivity contribution in [1.29, 1.82) is 0 Å². The van der Waals surface area contributed by atoms with E-state index in [2.05, 4.69) is 28.7 Å². The van der Waals surface area contributed by atoms with E-state index in [9.17, 15) is 0 Å². The van der Waals surface area contributed by atoms with Crippen molar-refractivity contribution in [3.05, 3.63) is 16.5 Å². The van der Waals surface area contributed by atoms with Gasteiger partial charge in [0.1, 0.15) is 16.8 Å². The van der Waals surface area contributed by atoms with E-state index in [1.54, 1.807) is 0 Å². The molecule has 0 radical (unpaired) electrons. The maximum absolute atomic E-state index is 6.20. The smallest absolute Gasteiger partial charge is 0.137 e. The van der Waals surface area contributed by atoms with Crippen LogP contribution in [-0.2, 0) is 6.42 Å². The first-order chi connectivity index (χ1) is 8.65. The van der Waals surface area contributed by atoms with Gasteiger partial charge in [0.2, 0.25) is 0 Å². The maximum atomic E-state index is 6.20. The molecule has 1 aromatic rings. The number of halogens is 1. The van der Waals surface area contributed by atoms with Crippen LogP contribution in [-0.4, -0.2) is 23.1 Å². The Bertz CT molecular complexity index is 412. The summed E-state index contributed by atoms with van der Waals surface area (Å²) >= 11 is 6.20. The Labute approximate surface area is 115 Å². The second kappa shape index (κ2) is 5.87. The quantitative estimate of drug-likeness (QED) is 0.783. The highest BCUT2D eigenvalue weighted by Gasteiger charge is 2.21. The van der Waals surface area contributed by atoms with E-state index in [0.29, 0.717) is 5.15 Å². The molecule has 1 aromatic heterocycles. The third-order valence-corrected chi connectivity index (χ3v) is 4.28. The van der Waals surface area contributed by atoms with Crippen molar-refractivity contribution in [2.24, 2.45) is 5.92 Å². The average Bonchev–Trinajstić information content (AvgIpc) is 2.42. The molecule has 1 aliphatic rings. The first-order valence-corrected chi connectivity index (χ1v) is 7.31. The van der Waals surface area contributed by atoms with E-state index in [1.807, 2.05) is 6.92 Å². The zero-order chi connectivity index (χ0) is 13.1. The van der Waals surface area contributed by atoms with E-state index < -0.39 is 0 Å². The molecule has 2 heterocycles. The molecule has 1 aliphatic heterocycles. The first-order valence-electron chi connectivity index (χ1n) is 6.93. The Morgan fingerprint density at radius 1 is 1.22 bits per heavy atom. The number of nitrogens with zero attached hydrogens (tertiary/aromatic N) is 3. The highest BCUT2D eigenvalue weighted by molar-refractivity contribution is 6.30. The molecule has 3 nitrogen and oxygen atoms in total. The van der Waals surface area contributed by atoms with E-state index in [4.69, 9.17) is 11.6 Å². The normalized spacial score (nSPS) is 17.2. The number of hydrogen-bond acceptors (Lipinski definition) is 3. The molecule has 1 fully saturated rings. The van der Waals surface area contributed by atoms with Crippen LogP contribution in [0, 0.1) is 12.8 Å². The minimum absolute atomic E-state index is 0.606. The molecular weight excluding hydrogens is 246 g/mol. The van der Waals surface area contributed by atoms with Gasteiger partial charge >= 0.3 is 0 Å². The lowest BCUT2D eigenvalue weighted by molar-refractivity contribution is 0.393. The summed E-state index contributed by atoms with van der Waals surface area (Å²) < 4.78 is 0. The maximum Gasteiger partial charge on any atom is 0.137 e. The Hall–Kier alpha value is -0.830. The topological polar surface area (TPSA) is 29.0 Å². The van der Waals surface area contributed by atoms with Crippen LogP contribution in [0.5, 0.6) is 0 Å². The number of piperidine rings is 1. The van der Waals surface area contributed by atoms with Crippen molar-refractivity contribution in [2.45, 2.75) is 46.5 Å². The van der Waals surface area contributed by atoms with Crippen LogP contribution in [0.15, 0.2) is 0 Å². The third-order valence-electron chi connectivity index (χ3n) is 3.91. The SMILES string of the molecule is CCc1nc(Cl)c(C)c(N2CCC(CC)CC2)n1. The van der Waals surface area contributed by atoms with Crippen LogP contribution in [0.1, 0.15) is 44.5 Å². The molecule has 0 N–H and O–H groups in total. The average molecular weight is 268 g/mol. The van der Waals surface area contributed by atoms with E-state index in [1.165, 1.54) is 19.3 Å². The Morgan fingerprint density at radius 2 is 1.89 bits per heavy atom. The molecule has 0 bridgehead atoms. The number of aromatic nitrogens is 2. The van der Waals surface area contributed by atoms with Gasteiger partial charge < -0.3 is 4.90 Å². The van der Waals surface area contributed by atoms with Crippen LogP contribution >= 0.6 is 11.6 Å². The third kappa shape index (κ3) is 2.77. The van der Waals surface area contributed by atoms with E-state index in [0.717, 1.165) is 42.6 Å². The summed E-state index contributed by atoms with van der Waals surface area (Å²) in [5.74, 6) is 2.77. The van der Waals surface area contributed by atoms with Crippen molar-refractivity contribution in [1.82, 2.24) is 9.97 Å². The van der Waals surface area contributed by atoms with Crippen molar-refractivity contribution in [2.75, 3.05) is 18.0 Å². The molecule has 0 unspecified atom stereocenters. The lowest BCUT2D eigenvalue weighted by atomic mass is 9.94. The Morgan fingerprint density at radius 3 is 2.44 bits per heavy atom. The summed E-state index contributed by atoms with van der Waals surface area (Å²) in [5.41, 5.74) is 1.02. The van der Waals surface area contributed by atoms with Crippen LogP contribution < -0.4 is 4.90 Å². The fourth-order valence-corrected chi connectivity index (χ4v) is 2.72. The van der Waals surface area contributed by atoms with Crippen molar-refractivity contribution in [3.63, 3.8) is 0 Å². The standard InChI is InChI=1S/C14H22ClN3/c1-4-11-6-8-18(9-7-11)14-10(3)13(15)16-12(5-2)17-14/h11H,4-9H2,1-3H3. The monoisotopic (exact) mass is 267 g/mol. The van der Waals surface area contributed by atoms with Crippen molar-refractivity contribution >= 4 is 17.4 Å². The molecule has 100 valence electrons. The van der Waals surface area contributed by atoms with Gasteiger partial charge in [-0.2, -0.15) is 0 Å². The molecular formula is C14H22ClN3. The highest BCUT2D eigenvalue weighted by Crippen LogP contribution is 2.28. The predicted molar refractivity (Wildman–Crippen MR) is 76.4 cm³/mol. The van der Waals surface area contributed by atoms with Gasteiger partial charge in [0, 0.05) is 25.1 Å². The summed E-state index contributed by atoms with van der Waals surface area (Å²) in [4.78, 5) is 11.3. The summed E-state index contributed by atoms with van der Waals surface area (Å²) in [6.07, 6.45) is 4.65. The van der Waals surface area contributed by atoms with Gasteiger partial charge in [-0.3, -0.25) is 0 Å². The molecule has 0 saturated carbocycles. The molecule has 1 saturated heterocycles. The van der Waals surface area contributed by atoms with Gasteiger partial charge in [-0.1, -0.05) is 31.9 Å². The predicted octanol–water partition coefficient (Wildman–Crippen LogP) is 3.63. The fraction of sp³-hybridized carbons (Fsp3) is 0.714. The zero-order valence-electron chi connectivity index (χ0n) is 11.5. The van der Waals surface area contributed by atoms with Crippen LogP contribution in [0.2, 0.25) is 5.15 Å². The summed E-state index contributed by atoms with van der Waals surface area (Å²) in [7, 11) is 0. The van der Waals surface area contributed by atoms with Gasteiger partial charge in [-0.15, -0.1) is 0 Å². The van der Waals surface area contributed by atoms with Gasteiger partial charge in [-0.25, -0.2) is 9.97 Å². The van der Waals surface area contributed by atoms with Gasteiger partial charge in [-0.05, 0) is 25.7 Å². The molecule has 0 aromatic carbocycles. The number of aryl methyl sites for hydroxylation is 1. The van der Waals surface area contributed by atoms with Gasteiger partial charge in [0.25, 0.3) is 0 Å². The summed E-state index contributed by atoms with van der Waals surface area (Å²) in [5, 5.41) is 0.606. The number of rotatable bonds is 3. The molecule has 0 aliphatic carbocycles. The largest absolute Gasteiger partial charge is 0.356 e. The first kappa shape index (κ1) is 13.6. The molecule has 0 spiro atoms. The number of anilines is 1. The molecule has 0 amide bonds. The van der Waals surface area contributed by atoms with Crippen LogP contribution in [0.25, 0.3) is 0 Å². The van der Waals surface area contributed by atoms with Crippen molar-refractivity contribution in [3.8, 4) is 0 Å². The van der Waals surface area contributed by atoms with E-state index >= 15 is 0 Å². The zero-order valence-corrected chi connectivity index (χ0v) is 12.3. The molecule has 2 rings (SSSR count). The fourth-order valence-electron chi connectivity index (χ4n) is 2.54. The number of hydrogen-bond donors (Lipinski definition) is 0. The van der Waals surface area contributed by atoms with Crippen molar-refractivity contribution < 1.29 is 0 Å². The minimum Gasteiger partial charge on any atom is -0.356 e. The molecule has 0 atom stereocenters. The summed E-state index contributed by atoms with van der Waals surface area (Å²) in [6, 6.07) is 0. The second-order valence-electron chi connectivity index (χ2n) is 5.07. The Balaban J connectivity index is 2.20. The minimum atomic E-state index is 0.606. The molecule has 4 heteroatoms. The Kier molecular flexibility index (Phi) is 4.44. The second-order valence-corrected chi connectivity index (χ2v) is 5.43. The lowest BCUT2D eigenvalue weighted by Gasteiger charge is -2.33. The van der Waals surface area contributed by atoms with Gasteiger partial charge in [0.15, 0.2) is 0 Å². The lowest BCUT2D eigenvalue weighted by Crippen LogP contribution is -2.34. The summed E-state index contributed by atoms with van der Waals surface area (Å²) in [6.45, 7) is 8.55. The highest BCUT2D eigenvalue weighted by atomic mass is 35.5.